The van der Waals surface area contributed by atoms with E-state index in [1.165, 1.54) is 0 Å². The van der Waals surface area contributed by atoms with Crippen LogP contribution in [0.3, 0.4) is 0 Å². The Morgan fingerprint density at radius 1 is 1.10 bits per heavy atom. The van der Waals surface area contributed by atoms with E-state index in [2.05, 4.69) is 0 Å². The van der Waals surface area contributed by atoms with Crippen molar-refractivity contribution in [2.75, 3.05) is 19.8 Å². The van der Waals surface area contributed by atoms with Gasteiger partial charge in [-0.2, -0.15) is 0 Å². The third-order valence-corrected chi connectivity index (χ3v) is 3.10. The molecule has 0 aliphatic rings. The van der Waals surface area contributed by atoms with Gasteiger partial charge < -0.3 is 19.7 Å². The van der Waals surface area contributed by atoms with Crippen molar-refractivity contribution in [2.24, 2.45) is 0 Å². The van der Waals surface area contributed by atoms with Crippen molar-refractivity contribution < 1.29 is 19.7 Å². The maximum atomic E-state index is 9.71. The standard InChI is InChI=1S/C16H20O4/c1-2-19-10-13(18)11-20-16-8-7-12-5-3-4-6-14(12)15(16)9-17/h3-8,13,17-18H,2,9-11H2,1H3. The Bertz CT molecular complexity index is 553. The summed E-state index contributed by atoms with van der Waals surface area (Å²) in [5, 5.41) is 21.3. The van der Waals surface area contributed by atoms with Gasteiger partial charge >= 0.3 is 0 Å². The first-order valence-corrected chi connectivity index (χ1v) is 6.76. The van der Waals surface area contributed by atoms with Crippen LogP contribution in [0.25, 0.3) is 10.8 Å². The Hall–Kier alpha value is -1.62. The molecule has 0 saturated heterocycles. The molecule has 20 heavy (non-hydrogen) atoms. The Morgan fingerprint density at radius 3 is 2.65 bits per heavy atom. The summed E-state index contributed by atoms with van der Waals surface area (Å²) in [6.45, 7) is 2.73. The van der Waals surface area contributed by atoms with Gasteiger partial charge in [-0.1, -0.05) is 30.3 Å². The predicted molar refractivity (Wildman–Crippen MR) is 77.9 cm³/mol. The number of aliphatic hydroxyl groups excluding tert-OH is 2. The van der Waals surface area contributed by atoms with E-state index in [1.807, 2.05) is 43.3 Å². The largest absolute Gasteiger partial charge is 0.490 e. The smallest absolute Gasteiger partial charge is 0.125 e. The molecule has 0 aromatic heterocycles. The van der Waals surface area contributed by atoms with Crippen LogP contribution in [0.15, 0.2) is 36.4 Å². The van der Waals surface area contributed by atoms with Crippen molar-refractivity contribution in [1.82, 2.24) is 0 Å². The highest BCUT2D eigenvalue weighted by molar-refractivity contribution is 5.87. The van der Waals surface area contributed by atoms with Gasteiger partial charge in [-0.05, 0) is 23.8 Å². The molecule has 4 nitrogen and oxygen atoms in total. The molecule has 0 amide bonds. The third-order valence-electron chi connectivity index (χ3n) is 3.10. The molecule has 0 heterocycles. The Morgan fingerprint density at radius 2 is 1.90 bits per heavy atom. The fourth-order valence-electron chi connectivity index (χ4n) is 2.10. The van der Waals surface area contributed by atoms with E-state index in [0.717, 1.165) is 16.3 Å². The number of aliphatic hydroxyl groups is 2. The first-order chi connectivity index (χ1) is 9.76. The first-order valence-electron chi connectivity index (χ1n) is 6.76. The zero-order valence-electron chi connectivity index (χ0n) is 11.6. The highest BCUT2D eigenvalue weighted by Gasteiger charge is 2.10. The minimum absolute atomic E-state index is 0.0990. The van der Waals surface area contributed by atoms with Gasteiger partial charge in [0.2, 0.25) is 0 Å². The lowest BCUT2D eigenvalue weighted by Crippen LogP contribution is -2.23. The molecule has 2 N–H and O–H groups in total. The molecule has 0 spiro atoms. The molecule has 1 unspecified atom stereocenters. The Kier molecular flexibility index (Phi) is 5.35. The van der Waals surface area contributed by atoms with E-state index < -0.39 is 6.10 Å². The van der Waals surface area contributed by atoms with Crippen LogP contribution < -0.4 is 4.74 Å². The molecule has 0 saturated carbocycles. The van der Waals surface area contributed by atoms with Crippen LogP contribution in [0, 0.1) is 0 Å². The van der Waals surface area contributed by atoms with Gasteiger partial charge in [0.15, 0.2) is 0 Å². The maximum Gasteiger partial charge on any atom is 0.125 e. The molecule has 1 atom stereocenters. The normalized spacial score (nSPS) is 12.6. The number of benzene rings is 2. The summed E-state index contributed by atoms with van der Waals surface area (Å²) in [4.78, 5) is 0. The summed E-state index contributed by atoms with van der Waals surface area (Å²) in [5.74, 6) is 0.599. The van der Waals surface area contributed by atoms with Crippen LogP contribution in [0.1, 0.15) is 12.5 Å². The lowest BCUT2D eigenvalue weighted by molar-refractivity contribution is 0.0161. The minimum atomic E-state index is -0.673. The van der Waals surface area contributed by atoms with Gasteiger partial charge in [0.1, 0.15) is 18.5 Å². The molecule has 2 aromatic rings. The van der Waals surface area contributed by atoms with Crippen LogP contribution in [-0.4, -0.2) is 36.1 Å². The van der Waals surface area contributed by atoms with E-state index in [4.69, 9.17) is 9.47 Å². The molecular formula is C16H20O4. The van der Waals surface area contributed by atoms with Crippen LogP contribution in [0.2, 0.25) is 0 Å². The van der Waals surface area contributed by atoms with Crippen molar-refractivity contribution in [1.29, 1.82) is 0 Å². The fraction of sp³-hybridized carbons (Fsp3) is 0.375. The quantitative estimate of drug-likeness (QED) is 0.813. The highest BCUT2D eigenvalue weighted by atomic mass is 16.5. The van der Waals surface area contributed by atoms with E-state index in [-0.39, 0.29) is 19.8 Å². The van der Waals surface area contributed by atoms with Gasteiger partial charge in [-0.25, -0.2) is 0 Å². The number of fused-ring (bicyclic) bond motifs is 1. The van der Waals surface area contributed by atoms with Gasteiger partial charge in [-0.15, -0.1) is 0 Å². The molecule has 108 valence electrons. The van der Waals surface area contributed by atoms with E-state index >= 15 is 0 Å². The molecule has 2 rings (SSSR count). The van der Waals surface area contributed by atoms with Crippen LogP contribution in [-0.2, 0) is 11.3 Å². The third kappa shape index (κ3) is 3.48. The second-order valence-electron chi connectivity index (χ2n) is 4.55. The molecule has 0 aliphatic heterocycles. The van der Waals surface area contributed by atoms with Crippen LogP contribution in [0.5, 0.6) is 5.75 Å². The van der Waals surface area contributed by atoms with Crippen LogP contribution in [0.4, 0.5) is 0 Å². The highest BCUT2D eigenvalue weighted by Crippen LogP contribution is 2.28. The SMILES string of the molecule is CCOCC(O)COc1ccc2ccccc2c1CO. The average Bonchev–Trinajstić information content (AvgIpc) is 2.50. The number of hydrogen-bond donors (Lipinski definition) is 2. The molecule has 4 heteroatoms. The predicted octanol–water partition coefficient (Wildman–Crippen LogP) is 2.11. The second-order valence-corrected chi connectivity index (χ2v) is 4.55. The molecule has 2 aromatic carbocycles. The van der Waals surface area contributed by atoms with Crippen molar-refractivity contribution in [3.05, 3.63) is 42.0 Å². The van der Waals surface area contributed by atoms with Gasteiger partial charge in [0.05, 0.1) is 13.2 Å². The summed E-state index contributed by atoms with van der Waals surface area (Å²) >= 11 is 0. The van der Waals surface area contributed by atoms with E-state index in [9.17, 15) is 10.2 Å². The number of ether oxygens (including phenoxy) is 2. The van der Waals surface area contributed by atoms with Crippen LogP contribution >= 0.6 is 0 Å². The van der Waals surface area contributed by atoms with Crippen molar-refractivity contribution in [3.8, 4) is 5.75 Å². The van der Waals surface area contributed by atoms with Gasteiger partial charge in [0, 0.05) is 12.2 Å². The Labute approximate surface area is 118 Å². The van der Waals surface area contributed by atoms with Crippen molar-refractivity contribution in [2.45, 2.75) is 19.6 Å². The van der Waals surface area contributed by atoms with Crippen molar-refractivity contribution >= 4 is 10.8 Å². The molecule has 0 aliphatic carbocycles. The lowest BCUT2D eigenvalue weighted by atomic mass is 10.0. The zero-order chi connectivity index (χ0) is 14.4. The lowest BCUT2D eigenvalue weighted by Gasteiger charge is -2.15. The molecule has 0 bridgehead atoms. The minimum Gasteiger partial charge on any atom is -0.490 e. The van der Waals surface area contributed by atoms with E-state index in [1.54, 1.807) is 0 Å². The second kappa shape index (κ2) is 7.24. The molecular weight excluding hydrogens is 256 g/mol. The summed E-state index contributed by atoms with van der Waals surface area (Å²) in [7, 11) is 0. The average molecular weight is 276 g/mol. The van der Waals surface area contributed by atoms with E-state index in [0.29, 0.717) is 12.4 Å². The summed E-state index contributed by atoms with van der Waals surface area (Å²) in [6.07, 6.45) is -0.673. The fourth-order valence-corrected chi connectivity index (χ4v) is 2.10. The zero-order valence-corrected chi connectivity index (χ0v) is 11.6. The molecule has 0 radical (unpaired) electrons. The number of rotatable bonds is 7. The first kappa shape index (κ1) is 14.8. The summed E-state index contributed by atoms with van der Waals surface area (Å²) in [6, 6.07) is 11.6. The monoisotopic (exact) mass is 276 g/mol. The van der Waals surface area contributed by atoms with Gasteiger partial charge in [-0.3, -0.25) is 0 Å². The maximum absolute atomic E-state index is 9.71. The summed E-state index contributed by atoms with van der Waals surface area (Å²) in [5.41, 5.74) is 0.742. The Balaban J connectivity index is 2.13. The van der Waals surface area contributed by atoms with Crippen molar-refractivity contribution in [3.63, 3.8) is 0 Å². The topological polar surface area (TPSA) is 58.9 Å². The number of hydrogen-bond acceptors (Lipinski definition) is 4. The summed E-state index contributed by atoms with van der Waals surface area (Å²) < 4.78 is 10.7. The van der Waals surface area contributed by atoms with Gasteiger partial charge in [0.25, 0.3) is 0 Å². The molecule has 0 fully saturated rings.